The number of nitrogens with one attached hydrogen (secondary N) is 2. The third-order valence-electron chi connectivity index (χ3n) is 2.50. The molecule has 1 unspecified atom stereocenters. The second-order valence-corrected chi connectivity index (χ2v) is 5.10. The minimum atomic E-state index is -1.10. The summed E-state index contributed by atoms with van der Waals surface area (Å²) in [4.78, 5) is 24.5. The van der Waals surface area contributed by atoms with Crippen LogP contribution in [0.15, 0.2) is 12.1 Å². The second-order valence-electron chi connectivity index (χ2n) is 3.85. The molecule has 106 valence electrons. The Morgan fingerprint density at radius 3 is 2.58 bits per heavy atom. The van der Waals surface area contributed by atoms with Crippen LogP contribution in [0.1, 0.15) is 16.7 Å². The summed E-state index contributed by atoms with van der Waals surface area (Å²) in [6.45, 7) is 2.44. The Balaban J connectivity index is 2.29. The van der Waals surface area contributed by atoms with Crippen molar-refractivity contribution in [2.75, 3.05) is 13.7 Å². The number of hydrogen-bond acceptors (Lipinski definition) is 4. The zero-order valence-electron chi connectivity index (χ0n) is 10.9. The number of aryl methyl sites for hydroxylation is 1. The monoisotopic (exact) mass is 286 g/mol. The number of carboxylic acids is 1. The molecule has 0 aliphatic heterocycles. The lowest BCUT2D eigenvalue weighted by atomic mass is 10.3. The molecule has 0 spiro atoms. The molecule has 7 heteroatoms. The zero-order valence-corrected chi connectivity index (χ0v) is 11.8. The van der Waals surface area contributed by atoms with Gasteiger partial charge in [0.1, 0.15) is 0 Å². The lowest BCUT2D eigenvalue weighted by molar-refractivity contribution is -0.147. The lowest BCUT2D eigenvalue weighted by Gasteiger charge is -2.11. The number of methoxy groups -OCH3 is 1. The topological polar surface area (TPSA) is 87.7 Å². The van der Waals surface area contributed by atoms with Gasteiger partial charge in [0.05, 0.1) is 13.1 Å². The second kappa shape index (κ2) is 7.75. The van der Waals surface area contributed by atoms with Gasteiger partial charge in [0.25, 0.3) is 0 Å². The fraction of sp³-hybridized carbons (Fsp3) is 0.500. The highest BCUT2D eigenvalue weighted by molar-refractivity contribution is 7.11. The number of ether oxygens (including phenoxy) is 1. The van der Waals surface area contributed by atoms with E-state index in [0.717, 1.165) is 11.3 Å². The molecular formula is C12H18N2O4S. The molecule has 3 N–H and O–H groups in total. The van der Waals surface area contributed by atoms with Crippen molar-refractivity contribution in [2.45, 2.75) is 26.0 Å². The standard InChI is InChI=1S/C12H18N2O4S/c1-3-8-4-5-9(19-8)6-13-12(17)14-7-10(18-2)11(15)16/h4-5,10H,3,6-7H2,1-2H3,(H,15,16)(H2,13,14,17). The molecule has 0 saturated heterocycles. The summed E-state index contributed by atoms with van der Waals surface area (Å²) in [6, 6.07) is 3.60. The van der Waals surface area contributed by atoms with Crippen LogP contribution in [-0.2, 0) is 22.5 Å². The summed E-state index contributed by atoms with van der Waals surface area (Å²) in [5, 5.41) is 13.9. The van der Waals surface area contributed by atoms with Crippen LogP contribution in [0.2, 0.25) is 0 Å². The van der Waals surface area contributed by atoms with Gasteiger partial charge in [-0.3, -0.25) is 0 Å². The summed E-state index contributed by atoms with van der Waals surface area (Å²) in [5.74, 6) is -1.10. The maximum Gasteiger partial charge on any atom is 0.334 e. The number of thiophene rings is 1. The molecule has 0 radical (unpaired) electrons. The highest BCUT2D eigenvalue weighted by atomic mass is 32.1. The minimum Gasteiger partial charge on any atom is -0.479 e. The quantitative estimate of drug-likeness (QED) is 0.703. The minimum absolute atomic E-state index is 0.0671. The van der Waals surface area contributed by atoms with Gasteiger partial charge in [-0.05, 0) is 18.6 Å². The summed E-state index contributed by atoms with van der Waals surface area (Å²) in [6.07, 6.45) is -0.0514. The number of aliphatic carboxylic acids is 1. The number of carbonyl (C=O) groups is 2. The van der Waals surface area contributed by atoms with Gasteiger partial charge >= 0.3 is 12.0 Å². The van der Waals surface area contributed by atoms with Gasteiger partial charge in [0.2, 0.25) is 0 Å². The van der Waals surface area contributed by atoms with Crippen LogP contribution < -0.4 is 10.6 Å². The third kappa shape index (κ3) is 5.27. The van der Waals surface area contributed by atoms with Crippen LogP contribution in [0.4, 0.5) is 4.79 Å². The van der Waals surface area contributed by atoms with Crippen LogP contribution in [0, 0.1) is 0 Å². The van der Waals surface area contributed by atoms with Gasteiger partial charge in [0.15, 0.2) is 6.10 Å². The molecule has 0 aliphatic rings. The normalized spacial score (nSPS) is 11.9. The molecule has 1 heterocycles. The van der Waals surface area contributed by atoms with E-state index in [1.165, 1.54) is 12.0 Å². The van der Waals surface area contributed by atoms with E-state index < -0.39 is 18.1 Å². The van der Waals surface area contributed by atoms with E-state index in [-0.39, 0.29) is 6.54 Å². The molecule has 0 aromatic carbocycles. The molecule has 0 aliphatic carbocycles. The molecule has 6 nitrogen and oxygen atoms in total. The van der Waals surface area contributed by atoms with Crippen molar-refractivity contribution in [1.82, 2.24) is 10.6 Å². The van der Waals surface area contributed by atoms with Gasteiger partial charge in [-0.1, -0.05) is 6.92 Å². The Bertz CT molecular complexity index is 433. The van der Waals surface area contributed by atoms with Crippen LogP contribution in [0.5, 0.6) is 0 Å². The van der Waals surface area contributed by atoms with Gasteiger partial charge in [0, 0.05) is 16.9 Å². The van der Waals surface area contributed by atoms with Gasteiger partial charge in [-0.15, -0.1) is 11.3 Å². The van der Waals surface area contributed by atoms with Gasteiger partial charge in [-0.25, -0.2) is 9.59 Å². The van der Waals surface area contributed by atoms with Crippen molar-refractivity contribution in [1.29, 1.82) is 0 Å². The number of amides is 2. The molecule has 1 atom stereocenters. The molecule has 1 aromatic heterocycles. The average Bonchev–Trinajstić information content (AvgIpc) is 2.84. The van der Waals surface area contributed by atoms with Crippen molar-refractivity contribution in [2.24, 2.45) is 0 Å². The smallest absolute Gasteiger partial charge is 0.334 e. The van der Waals surface area contributed by atoms with Crippen molar-refractivity contribution < 1.29 is 19.4 Å². The third-order valence-corrected chi connectivity index (χ3v) is 3.73. The summed E-state index contributed by atoms with van der Waals surface area (Å²) >= 11 is 1.65. The van der Waals surface area contributed by atoms with E-state index in [9.17, 15) is 9.59 Å². The molecule has 2 amide bonds. The number of urea groups is 1. The Kier molecular flexibility index (Phi) is 6.31. The fourth-order valence-corrected chi connectivity index (χ4v) is 2.29. The van der Waals surface area contributed by atoms with E-state index in [4.69, 9.17) is 9.84 Å². The fourth-order valence-electron chi connectivity index (χ4n) is 1.39. The lowest BCUT2D eigenvalue weighted by Crippen LogP contribution is -2.42. The van der Waals surface area contributed by atoms with Gasteiger partial charge in [-0.2, -0.15) is 0 Å². The number of rotatable bonds is 7. The summed E-state index contributed by atoms with van der Waals surface area (Å²) in [7, 11) is 1.29. The largest absolute Gasteiger partial charge is 0.479 e. The Morgan fingerprint density at radius 1 is 1.37 bits per heavy atom. The number of carbonyl (C=O) groups excluding carboxylic acids is 1. The molecule has 19 heavy (non-hydrogen) atoms. The van der Waals surface area contributed by atoms with E-state index >= 15 is 0 Å². The first-order valence-corrected chi connectivity index (χ1v) is 6.73. The molecule has 0 bridgehead atoms. The maximum absolute atomic E-state index is 11.5. The Hall–Kier alpha value is -1.60. The Morgan fingerprint density at radius 2 is 2.05 bits per heavy atom. The van der Waals surface area contributed by atoms with Crippen LogP contribution in [0.3, 0.4) is 0 Å². The van der Waals surface area contributed by atoms with Crippen LogP contribution in [0.25, 0.3) is 0 Å². The first-order valence-electron chi connectivity index (χ1n) is 5.91. The first-order chi connectivity index (χ1) is 9.06. The van der Waals surface area contributed by atoms with Gasteiger partial charge < -0.3 is 20.5 Å². The van der Waals surface area contributed by atoms with Crippen molar-refractivity contribution in [3.05, 3.63) is 21.9 Å². The predicted molar refractivity (Wildman–Crippen MR) is 72.4 cm³/mol. The predicted octanol–water partition coefficient (Wildman–Crippen LogP) is 1.21. The molecular weight excluding hydrogens is 268 g/mol. The van der Waals surface area contributed by atoms with Crippen molar-refractivity contribution in [3.8, 4) is 0 Å². The van der Waals surface area contributed by atoms with Crippen LogP contribution in [-0.4, -0.2) is 36.9 Å². The highest BCUT2D eigenvalue weighted by Gasteiger charge is 2.16. The summed E-state index contributed by atoms with van der Waals surface area (Å²) in [5.41, 5.74) is 0. The summed E-state index contributed by atoms with van der Waals surface area (Å²) < 4.78 is 4.70. The van der Waals surface area contributed by atoms with Crippen molar-refractivity contribution in [3.63, 3.8) is 0 Å². The SMILES string of the molecule is CCc1ccc(CNC(=O)NCC(OC)C(=O)O)s1. The van der Waals surface area contributed by atoms with E-state index in [2.05, 4.69) is 17.6 Å². The van der Waals surface area contributed by atoms with E-state index in [0.29, 0.717) is 6.54 Å². The van der Waals surface area contributed by atoms with Crippen LogP contribution >= 0.6 is 11.3 Å². The van der Waals surface area contributed by atoms with Crippen molar-refractivity contribution >= 4 is 23.3 Å². The first kappa shape index (κ1) is 15.5. The zero-order chi connectivity index (χ0) is 14.3. The molecule has 1 rings (SSSR count). The van der Waals surface area contributed by atoms with E-state index in [1.54, 1.807) is 11.3 Å². The number of hydrogen-bond donors (Lipinski definition) is 3. The molecule has 0 saturated carbocycles. The maximum atomic E-state index is 11.5. The average molecular weight is 286 g/mol. The number of carboxylic acid groups (broad SMARTS) is 1. The Labute approximate surface area is 115 Å². The molecule has 1 aromatic rings. The molecule has 0 fully saturated rings. The highest BCUT2D eigenvalue weighted by Crippen LogP contribution is 2.16. The van der Waals surface area contributed by atoms with E-state index in [1.807, 2.05) is 12.1 Å².